The van der Waals surface area contributed by atoms with Gasteiger partial charge in [-0.15, -0.1) is 0 Å². The molecule has 1 aromatic heterocycles. The number of rotatable bonds is 4. The zero-order valence-electron chi connectivity index (χ0n) is 15.5. The van der Waals surface area contributed by atoms with Gasteiger partial charge in [0, 0.05) is 12.8 Å². The van der Waals surface area contributed by atoms with Crippen molar-refractivity contribution in [1.29, 1.82) is 0 Å². The highest BCUT2D eigenvalue weighted by atomic mass is 16.2. The number of imide groups is 1. The maximum atomic E-state index is 13.2. The number of hydrogen-bond acceptors (Lipinski definition) is 6. The van der Waals surface area contributed by atoms with Crippen LogP contribution in [0, 0.1) is 6.92 Å². The molecular formula is C18H21N5O4. The molecule has 27 heavy (non-hydrogen) atoms. The first kappa shape index (κ1) is 18.7. The highest BCUT2D eigenvalue weighted by molar-refractivity contribution is 6.10. The van der Waals surface area contributed by atoms with Gasteiger partial charge in [0.2, 0.25) is 17.7 Å². The maximum absolute atomic E-state index is 13.2. The first-order chi connectivity index (χ1) is 12.8. The van der Waals surface area contributed by atoms with Crippen LogP contribution in [0.1, 0.15) is 25.1 Å². The van der Waals surface area contributed by atoms with Crippen LogP contribution in [0.3, 0.4) is 0 Å². The Morgan fingerprint density at radius 1 is 1.19 bits per heavy atom. The van der Waals surface area contributed by atoms with Crippen molar-refractivity contribution in [2.45, 2.75) is 26.2 Å². The van der Waals surface area contributed by atoms with E-state index >= 15 is 0 Å². The van der Waals surface area contributed by atoms with E-state index in [1.807, 2.05) is 0 Å². The van der Waals surface area contributed by atoms with Crippen LogP contribution >= 0.6 is 0 Å². The molecule has 1 saturated heterocycles. The summed E-state index contributed by atoms with van der Waals surface area (Å²) in [7, 11) is 3.52. The zero-order valence-corrected chi connectivity index (χ0v) is 15.5. The van der Waals surface area contributed by atoms with E-state index in [1.165, 1.54) is 0 Å². The largest absolute Gasteiger partial charge is 0.324 e. The highest BCUT2D eigenvalue weighted by Gasteiger charge is 2.30. The third-order valence-electron chi connectivity index (χ3n) is 4.23. The smallest absolute Gasteiger partial charge is 0.283 e. The lowest BCUT2D eigenvalue weighted by atomic mass is 10.1. The van der Waals surface area contributed by atoms with Gasteiger partial charge in [-0.1, -0.05) is 6.07 Å². The van der Waals surface area contributed by atoms with Gasteiger partial charge >= 0.3 is 0 Å². The molecule has 1 aliphatic heterocycles. The Balaban J connectivity index is 2.16. The fourth-order valence-corrected chi connectivity index (χ4v) is 3.11. The number of benzene rings is 1. The molecule has 3 amide bonds. The van der Waals surface area contributed by atoms with Crippen LogP contribution in [0.4, 0.5) is 5.69 Å². The van der Waals surface area contributed by atoms with Crippen molar-refractivity contribution in [3.63, 3.8) is 0 Å². The molecule has 0 unspecified atom stereocenters. The number of carbonyl (C=O) groups excluding carboxylic acids is 3. The van der Waals surface area contributed by atoms with Crippen molar-refractivity contribution >= 4 is 34.3 Å². The number of hydrogen-bond donors (Lipinski definition) is 1. The molecule has 2 heterocycles. The first-order valence-corrected chi connectivity index (χ1v) is 8.62. The Morgan fingerprint density at radius 2 is 1.85 bits per heavy atom. The molecule has 9 nitrogen and oxygen atoms in total. The molecule has 0 aliphatic carbocycles. The quantitative estimate of drug-likeness (QED) is 0.779. The monoisotopic (exact) mass is 371 g/mol. The van der Waals surface area contributed by atoms with Gasteiger partial charge in [-0.3, -0.25) is 19.2 Å². The number of piperidine rings is 1. The number of aryl methyl sites for hydroxylation is 1. The Labute approximate surface area is 155 Å². The van der Waals surface area contributed by atoms with Crippen LogP contribution < -0.4 is 15.9 Å². The first-order valence-electron chi connectivity index (χ1n) is 8.62. The predicted molar refractivity (Wildman–Crippen MR) is 100 cm³/mol. The molecule has 3 rings (SSSR count). The van der Waals surface area contributed by atoms with E-state index in [2.05, 4.69) is 10.3 Å². The number of nitrogens with one attached hydrogen (secondary N) is 1. The molecular weight excluding hydrogens is 350 g/mol. The minimum Gasteiger partial charge on any atom is -0.324 e. The number of likely N-dealkylation sites (N-methyl/N-ethyl adjacent to an activating group) is 1. The van der Waals surface area contributed by atoms with Crippen LogP contribution in [-0.4, -0.2) is 52.9 Å². The number of fused-ring (bicyclic) bond motifs is 1. The van der Waals surface area contributed by atoms with Gasteiger partial charge in [0.25, 0.3) is 5.56 Å². The van der Waals surface area contributed by atoms with Crippen molar-refractivity contribution in [2.75, 3.05) is 31.0 Å². The van der Waals surface area contributed by atoms with Crippen molar-refractivity contribution in [3.8, 4) is 0 Å². The van der Waals surface area contributed by atoms with Crippen LogP contribution in [0.25, 0.3) is 10.9 Å². The molecule has 0 atom stereocenters. The fourth-order valence-electron chi connectivity index (χ4n) is 3.11. The molecule has 0 radical (unpaired) electrons. The molecule has 1 aromatic carbocycles. The van der Waals surface area contributed by atoms with Crippen molar-refractivity contribution in [2.24, 2.45) is 0 Å². The van der Waals surface area contributed by atoms with Crippen LogP contribution in [0.2, 0.25) is 0 Å². The van der Waals surface area contributed by atoms with Gasteiger partial charge in [-0.25, -0.2) is 4.98 Å². The Kier molecular flexibility index (Phi) is 5.04. The van der Waals surface area contributed by atoms with Gasteiger partial charge in [0.1, 0.15) is 5.82 Å². The Hall–Kier alpha value is -3.07. The van der Waals surface area contributed by atoms with E-state index in [4.69, 9.17) is 0 Å². The third kappa shape index (κ3) is 3.59. The lowest BCUT2D eigenvalue weighted by Gasteiger charge is -2.27. The molecule has 9 heteroatoms. The molecule has 1 fully saturated rings. The summed E-state index contributed by atoms with van der Waals surface area (Å²) in [5.41, 5.74) is 0.109. The summed E-state index contributed by atoms with van der Waals surface area (Å²) in [5.74, 6) is -0.935. The average Bonchev–Trinajstić information content (AvgIpc) is 2.56. The molecule has 142 valence electrons. The standard InChI is InChI=1S/C18H21N5O4/c1-11-19-12-6-4-7-13(20-14(24)10-21(2)3)17(12)18(27)22(11)23-15(25)8-5-9-16(23)26/h4,6-7H,5,8-10H2,1-3H3,(H,20,24). The van der Waals surface area contributed by atoms with E-state index in [9.17, 15) is 19.2 Å². The van der Waals surface area contributed by atoms with Gasteiger partial charge < -0.3 is 10.2 Å². The normalized spacial score (nSPS) is 14.9. The summed E-state index contributed by atoms with van der Waals surface area (Å²) in [6.07, 6.45) is 0.850. The van der Waals surface area contributed by atoms with Crippen LogP contribution in [0.15, 0.2) is 23.0 Å². The van der Waals surface area contributed by atoms with Gasteiger partial charge in [0.05, 0.1) is 23.1 Å². The fraction of sp³-hybridized carbons (Fsp3) is 0.389. The van der Waals surface area contributed by atoms with Crippen LogP contribution in [-0.2, 0) is 14.4 Å². The highest BCUT2D eigenvalue weighted by Crippen LogP contribution is 2.20. The Morgan fingerprint density at radius 3 is 2.48 bits per heavy atom. The summed E-state index contributed by atoms with van der Waals surface area (Å²) in [4.78, 5) is 55.9. The topological polar surface area (TPSA) is 105 Å². The molecule has 1 N–H and O–H groups in total. The van der Waals surface area contributed by atoms with E-state index in [-0.39, 0.29) is 36.5 Å². The third-order valence-corrected chi connectivity index (χ3v) is 4.23. The van der Waals surface area contributed by atoms with Crippen molar-refractivity contribution < 1.29 is 14.4 Å². The van der Waals surface area contributed by atoms with Gasteiger partial charge in [0.15, 0.2) is 0 Å². The van der Waals surface area contributed by atoms with Gasteiger partial charge in [-0.2, -0.15) is 9.69 Å². The summed E-state index contributed by atoms with van der Waals surface area (Å²) in [5, 5.41) is 3.73. The number of amides is 3. The summed E-state index contributed by atoms with van der Waals surface area (Å²) in [6, 6.07) is 4.93. The number of aromatic nitrogens is 2. The van der Waals surface area contributed by atoms with E-state index in [0.29, 0.717) is 17.6 Å². The number of anilines is 1. The molecule has 2 aromatic rings. The molecule has 0 spiro atoms. The second kappa shape index (κ2) is 7.28. The molecule has 0 bridgehead atoms. The number of carbonyl (C=O) groups is 3. The minimum absolute atomic E-state index is 0.146. The summed E-state index contributed by atoms with van der Waals surface area (Å²) >= 11 is 0. The van der Waals surface area contributed by atoms with Crippen LogP contribution in [0.5, 0.6) is 0 Å². The van der Waals surface area contributed by atoms with E-state index < -0.39 is 17.4 Å². The van der Waals surface area contributed by atoms with Crippen molar-refractivity contribution in [3.05, 3.63) is 34.4 Å². The molecule has 1 aliphatic rings. The summed E-state index contributed by atoms with van der Waals surface area (Å²) < 4.78 is 1.01. The summed E-state index contributed by atoms with van der Waals surface area (Å²) in [6.45, 7) is 1.71. The Bertz CT molecular complexity index is 979. The maximum Gasteiger partial charge on any atom is 0.283 e. The second-order valence-electron chi connectivity index (χ2n) is 6.71. The predicted octanol–water partition coefficient (Wildman–Crippen LogP) is 0.380. The SMILES string of the molecule is Cc1nc2cccc(NC(=O)CN(C)C)c2c(=O)n1N1C(=O)CCCC1=O. The van der Waals surface area contributed by atoms with Crippen molar-refractivity contribution in [1.82, 2.24) is 14.6 Å². The van der Waals surface area contributed by atoms with E-state index in [1.54, 1.807) is 44.1 Å². The van der Waals surface area contributed by atoms with Gasteiger partial charge in [-0.05, 0) is 39.6 Å². The minimum atomic E-state index is -0.568. The average molecular weight is 371 g/mol. The number of nitrogens with zero attached hydrogens (tertiary/aromatic N) is 4. The lowest BCUT2D eigenvalue weighted by Crippen LogP contribution is -2.53. The van der Waals surface area contributed by atoms with E-state index in [0.717, 1.165) is 9.69 Å². The molecule has 0 saturated carbocycles. The lowest BCUT2D eigenvalue weighted by molar-refractivity contribution is -0.131. The zero-order chi connectivity index (χ0) is 19.7. The second-order valence-corrected chi connectivity index (χ2v) is 6.71.